The van der Waals surface area contributed by atoms with Crippen molar-refractivity contribution in [2.45, 2.75) is 19.3 Å². The lowest BCUT2D eigenvalue weighted by molar-refractivity contribution is 0.0691. The number of anilines is 1. The molecule has 1 aliphatic heterocycles. The fourth-order valence-electron chi connectivity index (χ4n) is 2.58. The molecule has 4 nitrogen and oxygen atoms in total. The van der Waals surface area contributed by atoms with Crippen molar-refractivity contribution >= 4 is 22.6 Å². The molecular formula is C14H16N2O2. The van der Waals surface area contributed by atoms with E-state index in [2.05, 4.69) is 22.0 Å². The topological polar surface area (TPSA) is 56.3 Å². The smallest absolute Gasteiger partial charge is 0.352 e. The monoisotopic (exact) mass is 244 g/mol. The number of nitrogens with one attached hydrogen (secondary N) is 1. The lowest BCUT2D eigenvalue weighted by Gasteiger charge is -2.28. The third kappa shape index (κ3) is 1.94. The molecule has 0 radical (unpaired) electrons. The number of H-pyrrole nitrogens is 1. The summed E-state index contributed by atoms with van der Waals surface area (Å²) in [6, 6.07) is 7.80. The lowest BCUT2D eigenvalue weighted by Crippen LogP contribution is -2.29. The Morgan fingerprint density at radius 3 is 2.67 bits per heavy atom. The van der Waals surface area contributed by atoms with Crippen LogP contribution in [0.5, 0.6) is 0 Å². The van der Waals surface area contributed by atoms with E-state index < -0.39 is 5.97 Å². The molecule has 0 saturated carbocycles. The van der Waals surface area contributed by atoms with Crippen LogP contribution in [-0.2, 0) is 0 Å². The van der Waals surface area contributed by atoms with E-state index in [4.69, 9.17) is 5.11 Å². The summed E-state index contributed by atoms with van der Waals surface area (Å²) in [7, 11) is 0. The quantitative estimate of drug-likeness (QED) is 0.854. The molecule has 2 N–H and O–H groups in total. The molecule has 0 unspecified atom stereocenters. The number of carboxylic acids is 1. The van der Waals surface area contributed by atoms with Gasteiger partial charge in [0.25, 0.3) is 0 Å². The largest absolute Gasteiger partial charge is 0.477 e. The van der Waals surface area contributed by atoms with Crippen molar-refractivity contribution in [3.8, 4) is 0 Å². The number of fused-ring (bicyclic) bond motifs is 1. The van der Waals surface area contributed by atoms with Gasteiger partial charge < -0.3 is 15.0 Å². The summed E-state index contributed by atoms with van der Waals surface area (Å²) < 4.78 is 0. The second kappa shape index (κ2) is 4.37. The first-order chi connectivity index (χ1) is 8.74. The molecule has 0 aliphatic carbocycles. The first-order valence-electron chi connectivity index (χ1n) is 6.35. The number of rotatable bonds is 2. The highest BCUT2D eigenvalue weighted by Gasteiger charge is 2.13. The lowest BCUT2D eigenvalue weighted by atomic mass is 10.1. The molecule has 0 amide bonds. The molecule has 0 atom stereocenters. The van der Waals surface area contributed by atoms with Gasteiger partial charge in [-0.2, -0.15) is 0 Å². The van der Waals surface area contributed by atoms with Crippen LogP contribution in [0.2, 0.25) is 0 Å². The number of nitrogens with zero attached hydrogens (tertiary/aromatic N) is 1. The Balaban J connectivity index is 1.96. The van der Waals surface area contributed by atoms with Crippen molar-refractivity contribution in [2.24, 2.45) is 0 Å². The van der Waals surface area contributed by atoms with Gasteiger partial charge >= 0.3 is 5.97 Å². The van der Waals surface area contributed by atoms with Gasteiger partial charge in [0, 0.05) is 29.7 Å². The Bertz CT molecular complexity index is 582. The summed E-state index contributed by atoms with van der Waals surface area (Å²) in [5.74, 6) is -0.911. The summed E-state index contributed by atoms with van der Waals surface area (Å²) in [6.45, 7) is 2.20. The van der Waals surface area contributed by atoms with Crippen LogP contribution in [0.4, 0.5) is 5.69 Å². The average Bonchev–Trinajstić information content (AvgIpc) is 2.82. The second-order valence-electron chi connectivity index (χ2n) is 4.81. The van der Waals surface area contributed by atoms with Crippen LogP contribution in [0.15, 0.2) is 24.3 Å². The summed E-state index contributed by atoms with van der Waals surface area (Å²) in [5.41, 5.74) is 2.33. The number of hydrogen-bond donors (Lipinski definition) is 2. The van der Waals surface area contributed by atoms with Crippen LogP contribution < -0.4 is 4.90 Å². The number of aromatic nitrogens is 1. The maximum Gasteiger partial charge on any atom is 0.352 e. The maximum absolute atomic E-state index is 10.9. The molecule has 1 saturated heterocycles. The fourth-order valence-corrected chi connectivity index (χ4v) is 2.58. The minimum atomic E-state index is -0.911. The van der Waals surface area contributed by atoms with Crippen LogP contribution in [0.3, 0.4) is 0 Å². The van der Waals surface area contributed by atoms with E-state index in [-0.39, 0.29) is 5.69 Å². The molecule has 0 bridgehead atoms. The standard InChI is InChI=1S/C14H16N2O2/c17-14(18)13-9-10-8-11(4-5-12(10)15-13)16-6-2-1-3-7-16/h4-5,8-9,15H,1-3,6-7H2,(H,17,18). The van der Waals surface area contributed by atoms with Crippen molar-refractivity contribution in [1.29, 1.82) is 0 Å². The third-order valence-corrected chi connectivity index (χ3v) is 3.56. The highest BCUT2D eigenvalue weighted by molar-refractivity contribution is 5.94. The van der Waals surface area contributed by atoms with Gasteiger partial charge in [-0.3, -0.25) is 0 Å². The van der Waals surface area contributed by atoms with Gasteiger partial charge in [0.2, 0.25) is 0 Å². The van der Waals surface area contributed by atoms with E-state index in [0.29, 0.717) is 0 Å². The second-order valence-corrected chi connectivity index (χ2v) is 4.81. The van der Waals surface area contributed by atoms with Crippen molar-refractivity contribution < 1.29 is 9.90 Å². The Labute approximate surface area is 105 Å². The van der Waals surface area contributed by atoms with Crippen LogP contribution in [0, 0.1) is 0 Å². The highest BCUT2D eigenvalue weighted by Crippen LogP contribution is 2.25. The van der Waals surface area contributed by atoms with Gasteiger partial charge in [-0.15, -0.1) is 0 Å². The molecule has 1 aliphatic rings. The Morgan fingerprint density at radius 2 is 1.94 bits per heavy atom. The first kappa shape index (κ1) is 11.1. The van der Waals surface area contributed by atoms with Crippen LogP contribution in [0.25, 0.3) is 10.9 Å². The van der Waals surface area contributed by atoms with Gasteiger partial charge in [0.1, 0.15) is 5.69 Å². The summed E-state index contributed by atoms with van der Waals surface area (Å²) >= 11 is 0. The zero-order chi connectivity index (χ0) is 12.5. The van der Waals surface area contributed by atoms with Gasteiger partial charge in [0.05, 0.1) is 0 Å². The zero-order valence-corrected chi connectivity index (χ0v) is 10.1. The fraction of sp³-hybridized carbons (Fsp3) is 0.357. The molecule has 3 rings (SSSR count). The molecule has 2 heterocycles. The third-order valence-electron chi connectivity index (χ3n) is 3.56. The Hall–Kier alpha value is -1.97. The van der Waals surface area contributed by atoms with Gasteiger partial charge in [-0.05, 0) is 43.5 Å². The van der Waals surface area contributed by atoms with E-state index in [9.17, 15) is 4.79 Å². The van der Waals surface area contributed by atoms with Crippen molar-refractivity contribution in [1.82, 2.24) is 4.98 Å². The first-order valence-corrected chi connectivity index (χ1v) is 6.35. The Morgan fingerprint density at radius 1 is 1.17 bits per heavy atom. The van der Waals surface area contributed by atoms with Gasteiger partial charge in [0.15, 0.2) is 0 Å². The minimum absolute atomic E-state index is 0.251. The number of aromatic amines is 1. The molecule has 2 aromatic rings. The number of aromatic carboxylic acids is 1. The summed E-state index contributed by atoms with van der Waals surface area (Å²) in [4.78, 5) is 16.2. The number of hydrogen-bond acceptors (Lipinski definition) is 2. The molecule has 94 valence electrons. The number of benzene rings is 1. The predicted molar refractivity (Wildman–Crippen MR) is 71.3 cm³/mol. The van der Waals surface area contributed by atoms with E-state index in [1.54, 1.807) is 6.07 Å². The van der Waals surface area contributed by atoms with Crippen LogP contribution in [-0.4, -0.2) is 29.1 Å². The number of piperidine rings is 1. The molecule has 4 heteroatoms. The summed E-state index contributed by atoms with van der Waals surface area (Å²) in [5, 5.41) is 9.93. The number of carboxylic acid groups (broad SMARTS) is 1. The molecule has 0 spiro atoms. The number of carbonyl (C=O) groups is 1. The van der Waals surface area contributed by atoms with Crippen molar-refractivity contribution in [3.63, 3.8) is 0 Å². The van der Waals surface area contributed by atoms with Gasteiger partial charge in [-0.25, -0.2) is 4.79 Å². The van der Waals surface area contributed by atoms with Crippen LogP contribution in [0.1, 0.15) is 29.8 Å². The SMILES string of the molecule is O=C(O)c1cc2cc(N3CCCCC3)ccc2[nH]1. The van der Waals surface area contributed by atoms with E-state index in [1.807, 2.05) is 6.07 Å². The molecule has 1 aromatic carbocycles. The van der Waals surface area contributed by atoms with Gasteiger partial charge in [-0.1, -0.05) is 0 Å². The van der Waals surface area contributed by atoms with Crippen molar-refractivity contribution in [3.05, 3.63) is 30.0 Å². The molecule has 1 fully saturated rings. The van der Waals surface area contributed by atoms with E-state index >= 15 is 0 Å². The zero-order valence-electron chi connectivity index (χ0n) is 10.1. The molecule has 1 aromatic heterocycles. The van der Waals surface area contributed by atoms with E-state index in [0.717, 1.165) is 24.0 Å². The maximum atomic E-state index is 10.9. The Kier molecular flexibility index (Phi) is 2.70. The predicted octanol–water partition coefficient (Wildman–Crippen LogP) is 2.86. The van der Waals surface area contributed by atoms with Crippen molar-refractivity contribution in [2.75, 3.05) is 18.0 Å². The molecule has 18 heavy (non-hydrogen) atoms. The summed E-state index contributed by atoms with van der Waals surface area (Å²) in [6.07, 6.45) is 3.79. The normalized spacial score (nSPS) is 16.1. The minimum Gasteiger partial charge on any atom is -0.477 e. The highest BCUT2D eigenvalue weighted by atomic mass is 16.4. The molecular weight excluding hydrogens is 228 g/mol. The average molecular weight is 244 g/mol. The van der Waals surface area contributed by atoms with Crippen LogP contribution >= 0.6 is 0 Å². The van der Waals surface area contributed by atoms with E-state index in [1.165, 1.54) is 24.9 Å².